The van der Waals surface area contributed by atoms with Crippen LogP contribution in [0.4, 0.5) is 0 Å². The van der Waals surface area contributed by atoms with Crippen LogP contribution in [0.25, 0.3) is 20.2 Å². The van der Waals surface area contributed by atoms with Crippen molar-refractivity contribution in [2.24, 2.45) is 0 Å². The summed E-state index contributed by atoms with van der Waals surface area (Å²) in [6.45, 7) is 0. The summed E-state index contributed by atoms with van der Waals surface area (Å²) in [7, 11) is 0. The van der Waals surface area contributed by atoms with E-state index in [0.717, 1.165) is 11.5 Å². The lowest BCUT2D eigenvalue weighted by Gasteiger charge is -2.04. The molecular formula is C18H11OS. The zero-order valence-electron chi connectivity index (χ0n) is 10.7. The maximum atomic E-state index is 5.85. The molecule has 3 aromatic carbocycles. The van der Waals surface area contributed by atoms with Gasteiger partial charge in [0.25, 0.3) is 0 Å². The van der Waals surface area contributed by atoms with Gasteiger partial charge in [-0.25, -0.2) is 0 Å². The molecule has 0 N–H and O–H groups in total. The summed E-state index contributed by atoms with van der Waals surface area (Å²) in [5, 5.41) is 2.54. The number of hydrogen-bond acceptors (Lipinski definition) is 2. The predicted octanol–water partition coefficient (Wildman–Crippen LogP) is 5.65. The van der Waals surface area contributed by atoms with Crippen LogP contribution in [0.5, 0.6) is 11.5 Å². The SMILES string of the molecule is [c]1ccccc1Oc1ccc2sc3ccccc3c2c1. The van der Waals surface area contributed by atoms with Crippen LogP contribution in [0.3, 0.4) is 0 Å². The van der Waals surface area contributed by atoms with E-state index in [1.807, 2.05) is 41.7 Å². The highest BCUT2D eigenvalue weighted by Crippen LogP contribution is 2.36. The molecule has 1 heterocycles. The standard InChI is InChI=1S/C18H11OS/c1-2-6-13(7-3-1)19-14-10-11-18-16(12-14)15-8-4-5-9-17(15)20-18/h1-6,8-12H. The number of hydrogen-bond donors (Lipinski definition) is 0. The Balaban J connectivity index is 1.83. The normalized spacial score (nSPS) is 11.0. The highest BCUT2D eigenvalue weighted by Gasteiger charge is 2.06. The Hall–Kier alpha value is -2.32. The molecule has 0 aliphatic rings. The molecule has 1 radical (unpaired) electrons. The molecule has 0 aliphatic heterocycles. The van der Waals surface area contributed by atoms with E-state index in [2.05, 4.69) is 42.5 Å². The molecule has 0 amide bonds. The van der Waals surface area contributed by atoms with Crippen molar-refractivity contribution in [2.45, 2.75) is 0 Å². The molecule has 0 saturated heterocycles. The zero-order valence-corrected chi connectivity index (χ0v) is 11.5. The Kier molecular flexibility index (Phi) is 2.68. The molecular weight excluding hydrogens is 264 g/mol. The van der Waals surface area contributed by atoms with E-state index in [1.165, 1.54) is 20.2 Å². The fourth-order valence-corrected chi connectivity index (χ4v) is 3.42. The van der Waals surface area contributed by atoms with Crippen molar-refractivity contribution in [3.05, 3.63) is 72.8 Å². The summed E-state index contributed by atoms with van der Waals surface area (Å²) in [4.78, 5) is 0. The summed E-state index contributed by atoms with van der Waals surface area (Å²) in [5.41, 5.74) is 0. The van der Waals surface area contributed by atoms with Crippen LogP contribution in [-0.4, -0.2) is 0 Å². The second-order valence-electron chi connectivity index (χ2n) is 4.59. The largest absolute Gasteiger partial charge is 0.457 e. The van der Waals surface area contributed by atoms with E-state index >= 15 is 0 Å². The van der Waals surface area contributed by atoms with Gasteiger partial charge >= 0.3 is 0 Å². The van der Waals surface area contributed by atoms with Crippen LogP contribution < -0.4 is 4.74 Å². The first kappa shape index (κ1) is 11.5. The van der Waals surface area contributed by atoms with Gasteiger partial charge in [0.05, 0.1) is 0 Å². The van der Waals surface area contributed by atoms with Crippen LogP contribution in [0.2, 0.25) is 0 Å². The monoisotopic (exact) mass is 275 g/mol. The number of thiophene rings is 1. The molecule has 1 nitrogen and oxygen atoms in total. The Bertz CT molecular complexity index is 878. The number of fused-ring (bicyclic) bond motifs is 3. The number of ether oxygens (including phenoxy) is 1. The molecule has 0 fully saturated rings. The second-order valence-corrected chi connectivity index (χ2v) is 5.67. The van der Waals surface area contributed by atoms with Crippen molar-refractivity contribution >= 4 is 31.5 Å². The highest BCUT2D eigenvalue weighted by molar-refractivity contribution is 7.25. The Morgan fingerprint density at radius 1 is 0.800 bits per heavy atom. The zero-order chi connectivity index (χ0) is 13.4. The van der Waals surface area contributed by atoms with E-state index < -0.39 is 0 Å². The molecule has 0 bridgehead atoms. The molecule has 20 heavy (non-hydrogen) atoms. The summed E-state index contributed by atoms with van der Waals surface area (Å²) in [6.07, 6.45) is 0. The third-order valence-electron chi connectivity index (χ3n) is 3.26. The van der Waals surface area contributed by atoms with Crippen LogP contribution in [-0.2, 0) is 0 Å². The minimum Gasteiger partial charge on any atom is -0.457 e. The van der Waals surface area contributed by atoms with E-state index in [1.54, 1.807) is 0 Å². The van der Waals surface area contributed by atoms with Crippen LogP contribution in [0.15, 0.2) is 66.7 Å². The van der Waals surface area contributed by atoms with Crippen LogP contribution in [0, 0.1) is 6.07 Å². The average molecular weight is 275 g/mol. The third kappa shape index (κ3) is 1.95. The molecule has 0 saturated carbocycles. The Morgan fingerprint density at radius 2 is 1.65 bits per heavy atom. The maximum absolute atomic E-state index is 5.85. The van der Waals surface area contributed by atoms with Crippen molar-refractivity contribution in [2.75, 3.05) is 0 Å². The first-order valence-corrected chi connectivity index (χ1v) is 7.28. The van der Waals surface area contributed by atoms with E-state index in [4.69, 9.17) is 4.74 Å². The summed E-state index contributed by atoms with van der Waals surface area (Å²) in [6, 6.07) is 25.4. The first-order valence-electron chi connectivity index (χ1n) is 6.46. The second kappa shape index (κ2) is 4.66. The summed E-state index contributed by atoms with van der Waals surface area (Å²) >= 11 is 1.81. The van der Waals surface area contributed by atoms with Gasteiger partial charge in [0.2, 0.25) is 0 Å². The van der Waals surface area contributed by atoms with Gasteiger partial charge in [0, 0.05) is 26.2 Å². The van der Waals surface area contributed by atoms with Crippen molar-refractivity contribution in [1.29, 1.82) is 0 Å². The molecule has 1 aromatic heterocycles. The summed E-state index contributed by atoms with van der Waals surface area (Å²) in [5.74, 6) is 1.59. The fraction of sp³-hybridized carbons (Fsp3) is 0. The number of para-hydroxylation sites is 1. The molecule has 0 aliphatic carbocycles. The maximum Gasteiger partial charge on any atom is 0.135 e. The minimum atomic E-state index is 0.742. The molecule has 0 spiro atoms. The topological polar surface area (TPSA) is 9.23 Å². The fourth-order valence-electron chi connectivity index (χ4n) is 2.34. The lowest BCUT2D eigenvalue weighted by atomic mass is 10.1. The van der Waals surface area contributed by atoms with Crippen LogP contribution in [0.1, 0.15) is 0 Å². The molecule has 0 unspecified atom stereocenters. The molecule has 2 heteroatoms. The van der Waals surface area contributed by atoms with Gasteiger partial charge in [0.1, 0.15) is 11.5 Å². The van der Waals surface area contributed by atoms with E-state index in [-0.39, 0.29) is 0 Å². The van der Waals surface area contributed by atoms with Crippen molar-refractivity contribution in [3.8, 4) is 11.5 Å². The molecule has 0 atom stereocenters. The van der Waals surface area contributed by atoms with Gasteiger partial charge in [-0.1, -0.05) is 36.4 Å². The molecule has 4 aromatic rings. The van der Waals surface area contributed by atoms with Crippen molar-refractivity contribution in [1.82, 2.24) is 0 Å². The van der Waals surface area contributed by atoms with E-state index in [9.17, 15) is 0 Å². The van der Waals surface area contributed by atoms with E-state index in [0.29, 0.717) is 0 Å². The van der Waals surface area contributed by atoms with Gasteiger partial charge in [-0.3, -0.25) is 0 Å². The predicted molar refractivity (Wildman–Crippen MR) is 84.7 cm³/mol. The molecule has 4 rings (SSSR count). The first-order chi connectivity index (χ1) is 9.90. The quantitative estimate of drug-likeness (QED) is 0.459. The Labute approximate surface area is 121 Å². The van der Waals surface area contributed by atoms with Gasteiger partial charge in [-0.2, -0.15) is 0 Å². The lowest BCUT2D eigenvalue weighted by molar-refractivity contribution is 0.482. The number of benzene rings is 3. The minimum absolute atomic E-state index is 0.742. The van der Waals surface area contributed by atoms with Crippen LogP contribution >= 0.6 is 11.3 Å². The lowest BCUT2D eigenvalue weighted by Crippen LogP contribution is -1.82. The molecule has 95 valence electrons. The van der Waals surface area contributed by atoms with Gasteiger partial charge in [-0.15, -0.1) is 11.3 Å². The smallest absolute Gasteiger partial charge is 0.135 e. The van der Waals surface area contributed by atoms with Crippen molar-refractivity contribution in [3.63, 3.8) is 0 Å². The van der Waals surface area contributed by atoms with Gasteiger partial charge in [0.15, 0.2) is 0 Å². The Morgan fingerprint density at radius 3 is 2.55 bits per heavy atom. The third-order valence-corrected chi connectivity index (χ3v) is 4.41. The number of rotatable bonds is 2. The highest BCUT2D eigenvalue weighted by atomic mass is 32.1. The van der Waals surface area contributed by atoms with Gasteiger partial charge in [-0.05, 0) is 30.3 Å². The summed E-state index contributed by atoms with van der Waals surface area (Å²) < 4.78 is 8.45. The average Bonchev–Trinajstić information content (AvgIpc) is 2.86. The van der Waals surface area contributed by atoms with Gasteiger partial charge < -0.3 is 4.74 Å². The van der Waals surface area contributed by atoms with Crippen molar-refractivity contribution < 1.29 is 4.74 Å².